The summed E-state index contributed by atoms with van der Waals surface area (Å²) in [7, 11) is 0. The summed E-state index contributed by atoms with van der Waals surface area (Å²) in [4.78, 5) is 0. The zero-order chi connectivity index (χ0) is 14.4. The molecule has 1 saturated carbocycles. The van der Waals surface area contributed by atoms with Crippen LogP contribution in [-0.4, -0.2) is 30.5 Å². The summed E-state index contributed by atoms with van der Waals surface area (Å²) in [6.07, 6.45) is 4.81. The fourth-order valence-corrected chi connectivity index (χ4v) is 2.77. The van der Waals surface area contributed by atoms with Crippen molar-refractivity contribution in [2.75, 3.05) is 13.2 Å². The Morgan fingerprint density at radius 2 is 2.20 bits per heavy atom. The van der Waals surface area contributed by atoms with Gasteiger partial charge in [-0.25, -0.2) is 0 Å². The molecule has 1 fully saturated rings. The van der Waals surface area contributed by atoms with Crippen LogP contribution in [0.2, 0.25) is 0 Å². The summed E-state index contributed by atoms with van der Waals surface area (Å²) in [6.45, 7) is 5.76. The van der Waals surface area contributed by atoms with E-state index in [2.05, 4.69) is 12.2 Å². The van der Waals surface area contributed by atoms with Gasteiger partial charge >= 0.3 is 0 Å². The van der Waals surface area contributed by atoms with E-state index in [-0.39, 0.29) is 0 Å². The third-order valence-electron chi connectivity index (χ3n) is 4.01. The van der Waals surface area contributed by atoms with E-state index in [0.29, 0.717) is 31.7 Å². The Kier molecular flexibility index (Phi) is 6.07. The van der Waals surface area contributed by atoms with E-state index in [0.717, 1.165) is 17.9 Å². The van der Waals surface area contributed by atoms with Crippen molar-refractivity contribution in [2.45, 2.75) is 58.3 Å². The number of nitrogens with one attached hydrogen (secondary N) is 1. The van der Waals surface area contributed by atoms with Crippen LogP contribution in [0.3, 0.4) is 0 Å². The summed E-state index contributed by atoms with van der Waals surface area (Å²) in [6, 6.07) is 3.90. The van der Waals surface area contributed by atoms with Crippen molar-refractivity contribution in [3.05, 3.63) is 23.7 Å². The van der Waals surface area contributed by atoms with Crippen molar-refractivity contribution < 1.29 is 14.3 Å². The molecule has 1 heterocycles. The molecule has 0 amide bonds. The van der Waals surface area contributed by atoms with Gasteiger partial charge in [0.15, 0.2) is 0 Å². The van der Waals surface area contributed by atoms with Gasteiger partial charge in [0.25, 0.3) is 0 Å². The number of rotatable bonds is 7. The molecule has 2 N–H and O–H groups in total. The van der Waals surface area contributed by atoms with Gasteiger partial charge in [-0.2, -0.15) is 0 Å². The third-order valence-corrected chi connectivity index (χ3v) is 4.01. The molecule has 4 nitrogen and oxygen atoms in total. The first-order chi connectivity index (χ1) is 9.65. The number of aryl methyl sites for hydroxylation is 1. The van der Waals surface area contributed by atoms with E-state index in [9.17, 15) is 5.11 Å². The molecule has 4 heteroatoms. The molecular formula is C16H27NO3. The number of aliphatic hydroxyl groups excluding tert-OH is 1. The predicted molar refractivity (Wildman–Crippen MR) is 78.5 cm³/mol. The van der Waals surface area contributed by atoms with Crippen LogP contribution in [0.15, 0.2) is 16.5 Å². The molecule has 1 aliphatic rings. The van der Waals surface area contributed by atoms with Crippen LogP contribution >= 0.6 is 0 Å². The molecule has 114 valence electrons. The first kappa shape index (κ1) is 15.5. The average Bonchev–Trinajstić information content (AvgIpc) is 2.83. The first-order valence-electron chi connectivity index (χ1n) is 7.71. The second-order valence-electron chi connectivity index (χ2n) is 5.93. The number of hydrogen-bond donors (Lipinski definition) is 2. The second-order valence-corrected chi connectivity index (χ2v) is 5.93. The molecule has 0 spiro atoms. The van der Waals surface area contributed by atoms with Crippen LogP contribution in [0.25, 0.3) is 0 Å². The van der Waals surface area contributed by atoms with E-state index in [1.807, 2.05) is 19.1 Å². The molecule has 2 rings (SSSR count). The minimum absolute atomic E-state index is 0.325. The zero-order valence-corrected chi connectivity index (χ0v) is 12.6. The topological polar surface area (TPSA) is 54.6 Å². The summed E-state index contributed by atoms with van der Waals surface area (Å²) in [5, 5.41) is 13.1. The SMILES string of the molecule is Cc1ccc(CNCC(O)COC2CCCCC2C)o1. The maximum atomic E-state index is 9.93. The van der Waals surface area contributed by atoms with E-state index < -0.39 is 6.10 Å². The van der Waals surface area contributed by atoms with Crippen molar-refractivity contribution >= 4 is 0 Å². The summed E-state index contributed by atoms with van der Waals surface area (Å²) in [5.41, 5.74) is 0. The Balaban J connectivity index is 1.59. The van der Waals surface area contributed by atoms with Crippen LogP contribution < -0.4 is 5.32 Å². The second kappa shape index (κ2) is 7.81. The number of hydrogen-bond acceptors (Lipinski definition) is 4. The molecule has 0 aromatic carbocycles. The van der Waals surface area contributed by atoms with Crippen molar-refractivity contribution in [3.8, 4) is 0 Å². The maximum absolute atomic E-state index is 9.93. The highest BCUT2D eigenvalue weighted by Crippen LogP contribution is 2.26. The number of furan rings is 1. The van der Waals surface area contributed by atoms with Gasteiger partial charge in [0.2, 0.25) is 0 Å². The Bertz CT molecular complexity index is 391. The van der Waals surface area contributed by atoms with Crippen molar-refractivity contribution in [2.24, 2.45) is 5.92 Å². The highest BCUT2D eigenvalue weighted by Gasteiger charge is 2.22. The van der Waals surface area contributed by atoms with Crippen LogP contribution in [0.5, 0.6) is 0 Å². The maximum Gasteiger partial charge on any atom is 0.117 e. The first-order valence-corrected chi connectivity index (χ1v) is 7.71. The normalized spacial score (nSPS) is 24.8. The Morgan fingerprint density at radius 1 is 1.40 bits per heavy atom. The van der Waals surface area contributed by atoms with Crippen LogP contribution in [0.1, 0.15) is 44.1 Å². The lowest BCUT2D eigenvalue weighted by molar-refractivity contribution is -0.0452. The largest absolute Gasteiger partial charge is 0.465 e. The van der Waals surface area contributed by atoms with Gasteiger partial charge in [-0.05, 0) is 37.8 Å². The van der Waals surface area contributed by atoms with E-state index in [1.54, 1.807) is 0 Å². The van der Waals surface area contributed by atoms with Gasteiger partial charge in [0.05, 0.1) is 25.4 Å². The summed E-state index contributed by atoms with van der Waals surface area (Å²) < 4.78 is 11.3. The Morgan fingerprint density at radius 3 is 2.90 bits per heavy atom. The minimum Gasteiger partial charge on any atom is -0.465 e. The minimum atomic E-state index is -0.458. The molecule has 0 aliphatic heterocycles. The van der Waals surface area contributed by atoms with E-state index in [4.69, 9.17) is 9.15 Å². The molecule has 0 bridgehead atoms. The van der Waals surface area contributed by atoms with Crippen LogP contribution in [-0.2, 0) is 11.3 Å². The Labute approximate surface area is 121 Å². The Hall–Kier alpha value is -0.840. The lowest BCUT2D eigenvalue weighted by Gasteiger charge is -2.29. The monoisotopic (exact) mass is 281 g/mol. The molecule has 1 aliphatic carbocycles. The molecule has 20 heavy (non-hydrogen) atoms. The summed E-state index contributed by atoms with van der Waals surface area (Å²) in [5.74, 6) is 2.43. The van der Waals surface area contributed by atoms with Gasteiger partial charge in [-0.3, -0.25) is 0 Å². The lowest BCUT2D eigenvalue weighted by atomic mass is 9.88. The van der Waals surface area contributed by atoms with Gasteiger partial charge < -0.3 is 19.6 Å². The molecular weight excluding hydrogens is 254 g/mol. The van der Waals surface area contributed by atoms with E-state index >= 15 is 0 Å². The van der Waals surface area contributed by atoms with Gasteiger partial charge in [0.1, 0.15) is 11.5 Å². The fraction of sp³-hybridized carbons (Fsp3) is 0.750. The van der Waals surface area contributed by atoms with Crippen LogP contribution in [0, 0.1) is 12.8 Å². The van der Waals surface area contributed by atoms with Gasteiger partial charge in [-0.15, -0.1) is 0 Å². The molecule has 0 saturated heterocycles. The summed E-state index contributed by atoms with van der Waals surface area (Å²) >= 11 is 0. The molecule has 3 unspecified atom stereocenters. The number of ether oxygens (including phenoxy) is 1. The molecule has 3 atom stereocenters. The molecule has 1 aromatic rings. The molecule has 0 radical (unpaired) electrons. The quantitative estimate of drug-likeness (QED) is 0.806. The predicted octanol–water partition coefficient (Wildman–Crippen LogP) is 2.63. The highest BCUT2D eigenvalue weighted by molar-refractivity contribution is 5.05. The van der Waals surface area contributed by atoms with Crippen molar-refractivity contribution in [1.82, 2.24) is 5.32 Å². The lowest BCUT2D eigenvalue weighted by Crippen LogP contribution is -2.34. The van der Waals surface area contributed by atoms with E-state index in [1.165, 1.54) is 19.3 Å². The van der Waals surface area contributed by atoms with Gasteiger partial charge in [-0.1, -0.05) is 19.8 Å². The van der Waals surface area contributed by atoms with Gasteiger partial charge in [0, 0.05) is 6.54 Å². The van der Waals surface area contributed by atoms with Crippen molar-refractivity contribution in [3.63, 3.8) is 0 Å². The number of aliphatic hydroxyl groups is 1. The fourth-order valence-electron chi connectivity index (χ4n) is 2.77. The highest BCUT2D eigenvalue weighted by atomic mass is 16.5. The van der Waals surface area contributed by atoms with Crippen molar-refractivity contribution in [1.29, 1.82) is 0 Å². The zero-order valence-electron chi connectivity index (χ0n) is 12.6. The average molecular weight is 281 g/mol. The smallest absolute Gasteiger partial charge is 0.117 e. The third kappa shape index (κ3) is 4.93. The molecule has 1 aromatic heterocycles. The van der Waals surface area contributed by atoms with Crippen LogP contribution in [0.4, 0.5) is 0 Å². The standard InChI is InChI=1S/C16H27NO3/c1-12-5-3-4-6-16(12)19-11-14(18)9-17-10-15-8-7-13(2)20-15/h7-8,12,14,16-18H,3-6,9-11H2,1-2H3.